The minimum absolute atomic E-state index is 0.613. The second-order valence-electron chi connectivity index (χ2n) is 4.04. The topological polar surface area (TPSA) is 48.1 Å². The highest BCUT2D eigenvalue weighted by Crippen LogP contribution is 2.34. The molecule has 0 fully saturated rings. The first-order valence-corrected chi connectivity index (χ1v) is 5.90. The summed E-state index contributed by atoms with van der Waals surface area (Å²) in [5.74, 6) is 0.752. The molecule has 2 aromatic carbocycles. The number of hydrogen-bond donors (Lipinski definition) is 1. The molecule has 90 valence electrons. The van der Waals surface area contributed by atoms with Crippen molar-refractivity contribution in [3.63, 3.8) is 0 Å². The van der Waals surface area contributed by atoms with Gasteiger partial charge in [-0.2, -0.15) is 0 Å². The summed E-state index contributed by atoms with van der Waals surface area (Å²) >= 11 is 6.19. The molecule has 0 saturated carbocycles. The Bertz CT molecular complexity index is 755. The van der Waals surface area contributed by atoms with Crippen molar-refractivity contribution >= 4 is 39.1 Å². The smallest absolute Gasteiger partial charge is 0.119 e. The van der Waals surface area contributed by atoms with Gasteiger partial charge in [0, 0.05) is 10.8 Å². The third kappa shape index (κ3) is 1.56. The molecule has 3 aromatic rings. The first-order valence-electron chi connectivity index (χ1n) is 5.52. The number of nitrogens with zero attached hydrogens (tertiary/aromatic N) is 1. The summed E-state index contributed by atoms with van der Waals surface area (Å²) in [7, 11) is 1.62. The van der Waals surface area contributed by atoms with E-state index in [-0.39, 0.29) is 0 Å². The van der Waals surface area contributed by atoms with Crippen molar-refractivity contribution in [1.82, 2.24) is 4.98 Å². The number of nitrogens with two attached hydrogens (primary N) is 1. The number of fused-ring (bicyclic) bond motifs is 2. The van der Waals surface area contributed by atoms with Crippen LogP contribution in [0.3, 0.4) is 0 Å². The van der Waals surface area contributed by atoms with Gasteiger partial charge in [0.2, 0.25) is 0 Å². The maximum absolute atomic E-state index is 6.20. The fourth-order valence-corrected chi connectivity index (χ4v) is 2.36. The van der Waals surface area contributed by atoms with E-state index in [1.54, 1.807) is 7.11 Å². The predicted molar refractivity (Wildman–Crippen MR) is 75.2 cm³/mol. The molecule has 0 aliphatic rings. The summed E-state index contributed by atoms with van der Waals surface area (Å²) < 4.78 is 5.20. The largest absolute Gasteiger partial charge is 0.497 e. The maximum Gasteiger partial charge on any atom is 0.119 e. The van der Waals surface area contributed by atoms with E-state index in [1.165, 1.54) is 0 Å². The summed E-state index contributed by atoms with van der Waals surface area (Å²) in [5, 5.41) is 2.26. The molecular weight excluding hydrogens is 248 g/mol. The van der Waals surface area contributed by atoms with Crippen molar-refractivity contribution in [2.24, 2.45) is 0 Å². The number of rotatable bonds is 1. The summed E-state index contributed by atoms with van der Waals surface area (Å²) in [5.41, 5.74) is 8.48. The normalized spacial score (nSPS) is 11.0. The van der Waals surface area contributed by atoms with Crippen molar-refractivity contribution in [2.75, 3.05) is 12.8 Å². The van der Waals surface area contributed by atoms with Crippen molar-refractivity contribution in [3.05, 3.63) is 41.4 Å². The first kappa shape index (κ1) is 11.1. The van der Waals surface area contributed by atoms with Crippen LogP contribution in [0, 0.1) is 0 Å². The molecule has 0 amide bonds. The summed E-state index contributed by atoms with van der Waals surface area (Å²) in [4.78, 5) is 4.55. The Morgan fingerprint density at radius 1 is 1.17 bits per heavy atom. The van der Waals surface area contributed by atoms with Gasteiger partial charge in [0.1, 0.15) is 5.75 Å². The highest BCUT2D eigenvalue weighted by Gasteiger charge is 2.09. The molecular formula is C14H11ClN2O. The number of aromatic nitrogens is 1. The number of hydrogen-bond acceptors (Lipinski definition) is 3. The van der Waals surface area contributed by atoms with Gasteiger partial charge in [0.25, 0.3) is 0 Å². The lowest BCUT2D eigenvalue weighted by atomic mass is 10.1. The molecule has 4 heteroatoms. The average Bonchev–Trinajstić information content (AvgIpc) is 2.38. The van der Waals surface area contributed by atoms with Gasteiger partial charge in [-0.1, -0.05) is 17.7 Å². The lowest BCUT2D eigenvalue weighted by Gasteiger charge is -2.09. The lowest BCUT2D eigenvalue weighted by molar-refractivity contribution is 0.415. The van der Waals surface area contributed by atoms with Gasteiger partial charge < -0.3 is 10.5 Å². The first-order chi connectivity index (χ1) is 8.70. The number of anilines is 1. The van der Waals surface area contributed by atoms with E-state index in [2.05, 4.69) is 4.98 Å². The van der Waals surface area contributed by atoms with Crippen LogP contribution in [0.5, 0.6) is 5.75 Å². The number of nitrogen functional groups attached to an aromatic ring is 1. The van der Waals surface area contributed by atoms with E-state index in [9.17, 15) is 0 Å². The molecule has 2 N–H and O–H groups in total. The third-order valence-electron chi connectivity index (χ3n) is 3.00. The number of pyridine rings is 1. The minimum Gasteiger partial charge on any atom is -0.497 e. The van der Waals surface area contributed by atoms with Gasteiger partial charge in [-0.05, 0) is 30.3 Å². The highest BCUT2D eigenvalue weighted by molar-refractivity contribution is 6.37. The Hall–Kier alpha value is -2.00. The van der Waals surface area contributed by atoms with Crippen molar-refractivity contribution in [3.8, 4) is 5.75 Å². The van der Waals surface area contributed by atoms with Gasteiger partial charge >= 0.3 is 0 Å². The molecule has 0 radical (unpaired) electrons. The Morgan fingerprint density at radius 2 is 2.00 bits per heavy atom. The lowest BCUT2D eigenvalue weighted by Crippen LogP contribution is -1.94. The van der Waals surface area contributed by atoms with Crippen molar-refractivity contribution in [2.45, 2.75) is 0 Å². The maximum atomic E-state index is 6.20. The fourth-order valence-electron chi connectivity index (χ4n) is 2.09. The van der Waals surface area contributed by atoms with E-state index < -0.39 is 0 Å². The molecule has 1 heterocycles. The second kappa shape index (κ2) is 4.03. The van der Waals surface area contributed by atoms with Gasteiger partial charge in [0.15, 0.2) is 0 Å². The van der Waals surface area contributed by atoms with E-state index in [1.807, 2.05) is 36.4 Å². The van der Waals surface area contributed by atoms with Gasteiger partial charge in [-0.25, -0.2) is 4.98 Å². The standard InChI is InChI=1S/C14H11ClN2O/c1-18-8-5-6-11-9(7-8)14(16)13-10(15)3-2-4-12(13)17-11/h2-7H,1H3,(H2,16,17). The number of halogens is 1. The zero-order valence-corrected chi connectivity index (χ0v) is 10.5. The zero-order valence-electron chi connectivity index (χ0n) is 9.77. The van der Waals surface area contributed by atoms with E-state index in [4.69, 9.17) is 22.1 Å². The predicted octanol–water partition coefficient (Wildman–Crippen LogP) is 3.63. The SMILES string of the molecule is COc1ccc2nc3cccc(Cl)c3c(N)c2c1. The summed E-state index contributed by atoms with van der Waals surface area (Å²) in [6.07, 6.45) is 0. The van der Waals surface area contributed by atoms with Crippen LogP contribution in [0.15, 0.2) is 36.4 Å². The monoisotopic (exact) mass is 258 g/mol. The van der Waals surface area contributed by atoms with E-state index in [0.29, 0.717) is 10.7 Å². The number of benzene rings is 2. The highest BCUT2D eigenvalue weighted by atomic mass is 35.5. The average molecular weight is 259 g/mol. The van der Waals surface area contributed by atoms with Crippen LogP contribution in [-0.2, 0) is 0 Å². The van der Waals surface area contributed by atoms with Crippen molar-refractivity contribution in [1.29, 1.82) is 0 Å². The molecule has 0 spiro atoms. The Morgan fingerprint density at radius 3 is 2.78 bits per heavy atom. The molecule has 1 aromatic heterocycles. The summed E-state index contributed by atoms with van der Waals surface area (Å²) in [6.45, 7) is 0. The van der Waals surface area contributed by atoms with E-state index >= 15 is 0 Å². The van der Waals surface area contributed by atoms with Crippen LogP contribution < -0.4 is 10.5 Å². The quantitative estimate of drug-likeness (QED) is 0.678. The molecule has 18 heavy (non-hydrogen) atoms. The molecule has 3 rings (SSSR count). The van der Waals surface area contributed by atoms with Crippen LogP contribution in [-0.4, -0.2) is 12.1 Å². The van der Waals surface area contributed by atoms with Gasteiger partial charge in [0.05, 0.1) is 28.9 Å². The van der Waals surface area contributed by atoms with Crippen LogP contribution in [0.4, 0.5) is 5.69 Å². The molecule has 0 saturated heterocycles. The molecule has 0 unspecified atom stereocenters. The Balaban J connectivity index is 2.49. The number of methoxy groups -OCH3 is 1. The molecule has 0 atom stereocenters. The molecule has 3 nitrogen and oxygen atoms in total. The fraction of sp³-hybridized carbons (Fsp3) is 0.0714. The zero-order chi connectivity index (χ0) is 12.7. The van der Waals surface area contributed by atoms with Crippen LogP contribution in [0.1, 0.15) is 0 Å². The van der Waals surface area contributed by atoms with Gasteiger partial charge in [-0.3, -0.25) is 0 Å². The second-order valence-corrected chi connectivity index (χ2v) is 4.45. The molecule has 0 aliphatic carbocycles. The van der Waals surface area contributed by atoms with Crippen LogP contribution >= 0.6 is 11.6 Å². The van der Waals surface area contributed by atoms with Crippen LogP contribution in [0.2, 0.25) is 5.02 Å². The molecule has 0 bridgehead atoms. The van der Waals surface area contributed by atoms with Crippen LogP contribution in [0.25, 0.3) is 21.8 Å². The summed E-state index contributed by atoms with van der Waals surface area (Å²) in [6, 6.07) is 11.2. The number of ether oxygens (including phenoxy) is 1. The van der Waals surface area contributed by atoms with Gasteiger partial charge in [-0.15, -0.1) is 0 Å². The Kier molecular flexibility index (Phi) is 2.49. The Labute approximate surface area is 109 Å². The third-order valence-corrected chi connectivity index (χ3v) is 3.31. The van der Waals surface area contributed by atoms with E-state index in [0.717, 1.165) is 27.6 Å². The minimum atomic E-state index is 0.613. The molecule has 0 aliphatic heterocycles. The van der Waals surface area contributed by atoms with Crippen molar-refractivity contribution < 1.29 is 4.74 Å².